The summed E-state index contributed by atoms with van der Waals surface area (Å²) >= 11 is 0. The van der Waals surface area contributed by atoms with Gasteiger partial charge in [0.1, 0.15) is 5.54 Å². The quantitative estimate of drug-likeness (QED) is 0.646. The summed E-state index contributed by atoms with van der Waals surface area (Å²) in [5.74, 6) is -4.47. The van der Waals surface area contributed by atoms with Crippen LogP contribution in [0, 0.1) is 5.92 Å². The van der Waals surface area contributed by atoms with E-state index in [9.17, 15) is 13.6 Å². The lowest BCUT2D eigenvalue weighted by Gasteiger charge is -2.33. The number of carboxylic acid groups (broad SMARTS) is 1. The van der Waals surface area contributed by atoms with Crippen molar-refractivity contribution >= 4 is 5.97 Å². The summed E-state index contributed by atoms with van der Waals surface area (Å²) in [6.45, 7) is 0.124. The van der Waals surface area contributed by atoms with E-state index in [0.29, 0.717) is 0 Å². The highest BCUT2D eigenvalue weighted by Crippen LogP contribution is 2.46. The van der Waals surface area contributed by atoms with Crippen LogP contribution in [0.2, 0.25) is 0 Å². The zero-order valence-corrected chi connectivity index (χ0v) is 7.02. The van der Waals surface area contributed by atoms with Gasteiger partial charge in [0, 0.05) is 18.9 Å². The molecule has 0 aromatic heterocycles. The molecular weight excluding hydrogens is 180 g/mol. The van der Waals surface area contributed by atoms with Gasteiger partial charge >= 0.3 is 5.97 Å². The molecular formula is C8H11F2NO2. The van der Waals surface area contributed by atoms with Gasteiger partial charge in [-0.15, -0.1) is 0 Å². The molecule has 0 unspecified atom stereocenters. The summed E-state index contributed by atoms with van der Waals surface area (Å²) in [6.07, 6.45) is -0.210. The van der Waals surface area contributed by atoms with Gasteiger partial charge in [-0.1, -0.05) is 0 Å². The molecule has 2 aliphatic rings. The van der Waals surface area contributed by atoms with Gasteiger partial charge < -0.3 is 10.4 Å². The lowest BCUT2D eigenvalue weighted by molar-refractivity contribution is -0.149. The lowest BCUT2D eigenvalue weighted by atomic mass is 9.78. The molecule has 1 saturated heterocycles. The third kappa shape index (κ3) is 1.14. The molecule has 2 fully saturated rings. The summed E-state index contributed by atoms with van der Waals surface area (Å²) < 4.78 is 26.2. The fourth-order valence-electron chi connectivity index (χ4n) is 2.23. The Balaban J connectivity index is 2.22. The first kappa shape index (κ1) is 8.87. The minimum Gasteiger partial charge on any atom is -0.480 e. The highest BCUT2D eigenvalue weighted by molar-refractivity contribution is 5.79. The highest BCUT2D eigenvalue weighted by atomic mass is 19.3. The van der Waals surface area contributed by atoms with Gasteiger partial charge in [0.2, 0.25) is 0 Å². The lowest BCUT2D eigenvalue weighted by Crippen LogP contribution is -2.49. The van der Waals surface area contributed by atoms with Gasteiger partial charge in [-0.25, -0.2) is 8.78 Å². The fourth-order valence-corrected chi connectivity index (χ4v) is 2.23. The Morgan fingerprint density at radius 3 is 2.77 bits per heavy atom. The zero-order valence-electron chi connectivity index (χ0n) is 7.02. The zero-order chi connectivity index (χ0) is 9.69. The number of hydrogen-bond donors (Lipinski definition) is 2. The first-order chi connectivity index (χ1) is 5.96. The second-order valence-electron chi connectivity index (χ2n) is 3.93. The van der Waals surface area contributed by atoms with Crippen molar-refractivity contribution < 1.29 is 18.7 Å². The van der Waals surface area contributed by atoms with E-state index < -0.39 is 23.3 Å². The van der Waals surface area contributed by atoms with Crippen molar-refractivity contribution in [1.82, 2.24) is 5.32 Å². The molecule has 0 amide bonds. The summed E-state index contributed by atoms with van der Waals surface area (Å²) in [5.41, 5.74) is -1.06. The Bertz CT molecular complexity index is 257. The molecule has 1 heterocycles. The average molecular weight is 191 g/mol. The van der Waals surface area contributed by atoms with Crippen LogP contribution in [-0.4, -0.2) is 29.1 Å². The summed E-state index contributed by atoms with van der Waals surface area (Å²) in [5, 5.41) is 11.6. The van der Waals surface area contributed by atoms with Crippen molar-refractivity contribution in [3.63, 3.8) is 0 Å². The van der Waals surface area contributed by atoms with Crippen molar-refractivity contribution in [2.45, 2.75) is 30.7 Å². The third-order valence-corrected chi connectivity index (χ3v) is 3.17. The van der Waals surface area contributed by atoms with E-state index in [1.54, 1.807) is 0 Å². The molecule has 1 aliphatic heterocycles. The smallest absolute Gasteiger partial charge is 0.323 e. The van der Waals surface area contributed by atoms with Crippen molar-refractivity contribution in [3.8, 4) is 0 Å². The monoisotopic (exact) mass is 191 g/mol. The van der Waals surface area contributed by atoms with Crippen LogP contribution >= 0.6 is 0 Å². The van der Waals surface area contributed by atoms with Crippen LogP contribution in [-0.2, 0) is 4.79 Å². The standard InChI is InChI=1S/C8H11F2NO2/c9-8(10)2-1-7(6(12)13)3-5(8)4-11-7/h5,11H,1-4H2,(H,12,13)/t5-,7-/m0/s1. The SMILES string of the molecule is O=C(O)[C@@]12CCC(F)(F)[C@H](CN1)C2. The molecule has 0 spiro atoms. The number of alkyl halides is 2. The van der Waals surface area contributed by atoms with E-state index >= 15 is 0 Å². The second kappa shape index (κ2) is 2.41. The Kier molecular flexibility index (Phi) is 1.64. The van der Waals surface area contributed by atoms with Gasteiger partial charge in [0.05, 0.1) is 0 Å². The summed E-state index contributed by atoms with van der Waals surface area (Å²) in [6, 6.07) is 0. The van der Waals surface area contributed by atoms with Crippen molar-refractivity contribution in [3.05, 3.63) is 0 Å². The van der Waals surface area contributed by atoms with Crippen molar-refractivity contribution in [2.75, 3.05) is 6.54 Å². The van der Waals surface area contributed by atoms with E-state index in [-0.39, 0.29) is 25.8 Å². The van der Waals surface area contributed by atoms with Crippen LogP contribution < -0.4 is 5.32 Å². The number of rotatable bonds is 1. The first-order valence-corrected chi connectivity index (χ1v) is 4.33. The number of halogens is 2. The van der Waals surface area contributed by atoms with Gasteiger partial charge in [-0.3, -0.25) is 4.79 Å². The number of fused-ring (bicyclic) bond motifs is 2. The van der Waals surface area contributed by atoms with Gasteiger partial charge in [0.15, 0.2) is 0 Å². The van der Waals surface area contributed by atoms with Crippen LogP contribution in [0.4, 0.5) is 8.78 Å². The van der Waals surface area contributed by atoms with Gasteiger partial charge in [-0.2, -0.15) is 0 Å². The Labute approximate surface area is 74.1 Å². The number of carbonyl (C=O) groups is 1. The maximum absolute atomic E-state index is 13.1. The van der Waals surface area contributed by atoms with Gasteiger partial charge in [-0.05, 0) is 12.8 Å². The number of nitrogens with one attached hydrogen (secondary N) is 1. The molecule has 1 aliphatic carbocycles. The molecule has 0 radical (unpaired) electrons. The van der Waals surface area contributed by atoms with Crippen LogP contribution in [0.5, 0.6) is 0 Å². The molecule has 1 saturated carbocycles. The topological polar surface area (TPSA) is 49.3 Å². The summed E-state index contributed by atoms with van der Waals surface area (Å²) in [4.78, 5) is 10.8. The molecule has 2 bridgehead atoms. The summed E-state index contributed by atoms with van der Waals surface area (Å²) in [7, 11) is 0. The normalized spacial score (nSPS) is 41.8. The van der Waals surface area contributed by atoms with Crippen LogP contribution in [0.1, 0.15) is 19.3 Å². The molecule has 0 aromatic carbocycles. The van der Waals surface area contributed by atoms with E-state index in [4.69, 9.17) is 5.11 Å². The van der Waals surface area contributed by atoms with Crippen molar-refractivity contribution in [2.24, 2.45) is 5.92 Å². The predicted octanol–water partition coefficient (Wildman–Crippen LogP) is 0.848. The van der Waals surface area contributed by atoms with Crippen LogP contribution in [0.15, 0.2) is 0 Å². The van der Waals surface area contributed by atoms with Gasteiger partial charge in [0.25, 0.3) is 5.92 Å². The molecule has 3 nitrogen and oxygen atoms in total. The Morgan fingerprint density at radius 1 is 1.46 bits per heavy atom. The Morgan fingerprint density at radius 2 is 2.15 bits per heavy atom. The third-order valence-electron chi connectivity index (χ3n) is 3.17. The largest absolute Gasteiger partial charge is 0.480 e. The van der Waals surface area contributed by atoms with E-state index in [2.05, 4.69) is 5.32 Å². The number of aliphatic carboxylic acids is 1. The number of carboxylic acids is 1. The van der Waals surface area contributed by atoms with E-state index in [1.165, 1.54) is 0 Å². The van der Waals surface area contributed by atoms with E-state index in [0.717, 1.165) is 0 Å². The van der Waals surface area contributed by atoms with Crippen LogP contribution in [0.3, 0.4) is 0 Å². The highest BCUT2D eigenvalue weighted by Gasteiger charge is 2.58. The molecule has 2 N–H and O–H groups in total. The minimum atomic E-state index is -2.68. The molecule has 74 valence electrons. The predicted molar refractivity (Wildman–Crippen MR) is 40.7 cm³/mol. The Hall–Kier alpha value is -0.710. The van der Waals surface area contributed by atoms with Crippen LogP contribution in [0.25, 0.3) is 0 Å². The minimum absolute atomic E-state index is 0.0336. The molecule has 13 heavy (non-hydrogen) atoms. The average Bonchev–Trinajstić information content (AvgIpc) is 2.42. The molecule has 2 rings (SSSR count). The second-order valence-corrected chi connectivity index (χ2v) is 3.93. The fraction of sp³-hybridized carbons (Fsp3) is 0.875. The number of hydrogen-bond acceptors (Lipinski definition) is 2. The first-order valence-electron chi connectivity index (χ1n) is 4.33. The molecule has 0 aromatic rings. The maximum Gasteiger partial charge on any atom is 0.323 e. The van der Waals surface area contributed by atoms with Crippen molar-refractivity contribution in [1.29, 1.82) is 0 Å². The molecule has 5 heteroatoms. The maximum atomic E-state index is 13.1. The van der Waals surface area contributed by atoms with E-state index in [1.807, 2.05) is 0 Å². The molecule has 2 atom stereocenters.